The Labute approximate surface area is 99.6 Å². The molecule has 0 aliphatic rings. The first-order chi connectivity index (χ1) is 7.62. The van der Waals surface area contributed by atoms with Crippen molar-refractivity contribution in [3.05, 3.63) is 47.9 Å². The Balaban J connectivity index is 0. The molecule has 0 aromatic heterocycles. The molecule has 0 saturated heterocycles. The summed E-state index contributed by atoms with van der Waals surface area (Å²) in [5.41, 5.74) is 12.6. The van der Waals surface area contributed by atoms with Crippen LogP contribution in [0.25, 0.3) is 0 Å². The summed E-state index contributed by atoms with van der Waals surface area (Å²) in [5, 5.41) is 2.78. The SMILES string of the molecule is CN/C=C(/C)N.C\C=C/C=C(\C=C/C)CN. The molecule has 0 spiro atoms. The van der Waals surface area contributed by atoms with Gasteiger partial charge in [0.1, 0.15) is 0 Å². The van der Waals surface area contributed by atoms with Crippen LogP contribution in [0.4, 0.5) is 0 Å². The summed E-state index contributed by atoms with van der Waals surface area (Å²) < 4.78 is 0. The zero-order chi connectivity index (χ0) is 12.8. The van der Waals surface area contributed by atoms with Crippen molar-refractivity contribution < 1.29 is 0 Å². The zero-order valence-corrected chi connectivity index (χ0v) is 10.8. The molecule has 0 bridgehead atoms. The lowest BCUT2D eigenvalue weighted by molar-refractivity contribution is 1.06. The van der Waals surface area contributed by atoms with E-state index in [2.05, 4.69) is 5.32 Å². The average molecular weight is 223 g/mol. The monoisotopic (exact) mass is 223 g/mol. The third-order valence-corrected chi connectivity index (χ3v) is 1.49. The molecule has 0 aromatic rings. The van der Waals surface area contributed by atoms with Crippen LogP contribution in [-0.4, -0.2) is 13.6 Å². The smallest absolute Gasteiger partial charge is 0.0208 e. The highest BCUT2D eigenvalue weighted by molar-refractivity contribution is 5.24. The third-order valence-electron chi connectivity index (χ3n) is 1.49. The molecule has 0 rings (SSSR count). The van der Waals surface area contributed by atoms with Gasteiger partial charge >= 0.3 is 0 Å². The Morgan fingerprint density at radius 2 is 1.88 bits per heavy atom. The number of allylic oxidation sites excluding steroid dienone is 5. The molecular formula is C13H25N3. The fourth-order valence-corrected chi connectivity index (χ4v) is 0.853. The normalized spacial score (nSPS) is 12.8. The molecule has 0 unspecified atom stereocenters. The standard InChI is InChI=1S/C9H15N.C4H10N2/c1-3-5-7-9(8-10)6-4-2;1-4(5)3-6-2/h3-7H,8,10H2,1-2H3;3,6H,5H2,1-2H3/b5-3-,6-4-,9-7+;4-3-. The highest BCUT2D eigenvalue weighted by atomic mass is 14.8. The second-order valence-electron chi connectivity index (χ2n) is 3.15. The maximum atomic E-state index is 5.45. The summed E-state index contributed by atoms with van der Waals surface area (Å²) in [6, 6.07) is 0. The van der Waals surface area contributed by atoms with Crippen molar-refractivity contribution in [2.75, 3.05) is 13.6 Å². The molecule has 0 aliphatic carbocycles. The minimum Gasteiger partial charge on any atom is -0.401 e. The van der Waals surface area contributed by atoms with Gasteiger partial charge in [-0.05, 0) is 26.3 Å². The fourth-order valence-electron chi connectivity index (χ4n) is 0.853. The number of hydrogen-bond acceptors (Lipinski definition) is 3. The van der Waals surface area contributed by atoms with Gasteiger partial charge in [-0.25, -0.2) is 0 Å². The van der Waals surface area contributed by atoms with Crippen molar-refractivity contribution in [2.24, 2.45) is 11.5 Å². The van der Waals surface area contributed by atoms with Crippen LogP contribution in [0, 0.1) is 0 Å². The molecule has 0 amide bonds. The van der Waals surface area contributed by atoms with Crippen LogP contribution in [0.1, 0.15) is 20.8 Å². The topological polar surface area (TPSA) is 64.1 Å². The molecule has 0 aliphatic heterocycles. The molecule has 5 N–H and O–H groups in total. The van der Waals surface area contributed by atoms with Crippen molar-refractivity contribution in [3.63, 3.8) is 0 Å². The van der Waals surface area contributed by atoms with Crippen molar-refractivity contribution in [2.45, 2.75) is 20.8 Å². The van der Waals surface area contributed by atoms with Crippen LogP contribution in [0.3, 0.4) is 0 Å². The lowest BCUT2D eigenvalue weighted by atomic mass is 10.2. The minimum absolute atomic E-state index is 0.606. The second kappa shape index (κ2) is 13.5. The van der Waals surface area contributed by atoms with E-state index < -0.39 is 0 Å². The minimum atomic E-state index is 0.606. The highest BCUT2D eigenvalue weighted by Gasteiger charge is 1.81. The molecule has 3 heteroatoms. The summed E-state index contributed by atoms with van der Waals surface area (Å²) in [6.07, 6.45) is 11.7. The Bertz CT molecular complexity index is 256. The number of nitrogens with two attached hydrogens (primary N) is 2. The van der Waals surface area contributed by atoms with Gasteiger partial charge in [-0.1, -0.05) is 30.4 Å². The van der Waals surface area contributed by atoms with E-state index in [9.17, 15) is 0 Å². The van der Waals surface area contributed by atoms with Crippen LogP contribution >= 0.6 is 0 Å². The van der Waals surface area contributed by atoms with Crippen LogP contribution in [0.15, 0.2) is 47.9 Å². The summed E-state index contributed by atoms with van der Waals surface area (Å²) >= 11 is 0. The predicted molar refractivity (Wildman–Crippen MR) is 73.8 cm³/mol. The predicted octanol–water partition coefficient (Wildman–Crippen LogP) is 2.05. The maximum absolute atomic E-state index is 5.45. The summed E-state index contributed by atoms with van der Waals surface area (Å²) in [7, 11) is 1.82. The Kier molecular flexibility index (Phi) is 14.3. The maximum Gasteiger partial charge on any atom is 0.0208 e. The van der Waals surface area contributed by atoms with Crippen LogP contribution < -0.4 is 16.8 Å². The first-order valence-corrected chi connectivity index (χ1v) is 5.36. The van der Waals surface area contributed by atoms with Gasteiger partial charge in [0.05, 0.1) is 0 Å². The van der Waals surface area contributed by atoms with E-state index in [0.29, 0.717) is 6.54 Å². The van der Waals surface area contributed by atoms with E-state index in [1.54, 1.807) is 6.20 Å². The summed E-state index contributed by atoms with van der Waals surface area (Å²) in [4.78, 5) is 0. The van der Waals surface area contributed by atoms with Crippen LogP contribution in [-0.2, 0) is 0 Å². The number of nitrogens with one attached hydrogen (secondary N) is 1. The zero-order valence-electron chi connectivity index (χ0n) is 10.8. The van der Waals surface area contributed by atoms with Gasteiger partial charge in [-0.3, -0.25) is 0 Å². The molecule has 0 atom stereocenters. The molecule has 16 heavy (non-hydrogen) atoms. The highest BCUT2D eigenvalue weighted by Crippen LogP contribution is 1.93. The van der Waals surface area contributed by atoms with Gasteiger partial charge in [0, 0.05) is 25.5 Å². The van der Waals surface area contributed by atoms with Crippen LogP contribution in [0.5, 0.6) is 0 Å². The number of hydrogen-bond donors (Lipinski definition) is 3. The van der Waals surface area contributed by atoms with Crippen molar-refractivity contribution >= 4 is 0 Å². The molecule has 3 nitrogen and oxygen atoms in total. The second-order valence-corrected chi connectivity index (χ2v) is 3.15. The molecule has 0 radical (unpaired) electrons. The number of rotatable bonds is 4. The van der Waals surface area contributed by atoms with E-state index in [1.165, 1.54) is 0 Å². The largest absolute Gasteiger partial charge is 0.401 e. The Morgan fingerprint density at radius 3 is 2.12 bits per heavy atom. The first-order valence-electron chi connectivity index (χ1n) is 5.36. The van der Waals surface area contributed by atoms with Crippen molar-refractivity contribution in [3.8, 4) is 0 Å². The van der Waals surface area contributed by atoms with Crippen LogP contribution in [0.2, 0.25) is 0 Å². The lowest BCUT2D eigenvalue weighted by Gasteiger charge is -1.91. The Morgan fingerprint density at radius 1 is 1.25 bits per heavy atom. The van der Waals surface area contributed by atoms with E-state index in [0.717, 1.165) is 11.3 Å². The molecular weight excluding hydrogens is 198 g/mol. The molecule has 0 fully saturated rings. The van der Waals surface area contributed by atoms with Gasteiger partial charge in [0.2, 0.25) is 0 Å². The van der Waals surface area contributed by atoms with Gasteiger partial charge in [0.15, 0.2) is 0 Å². The van der Waals surface area contributed by atoms with E-state index >= 15 is 0 Å². The van der Waals surface area contributed by atoms with Gasteiger partial charge < -0.3 is 16.8 Å². The first kappa shape index (κ1) is 16.9. The third kappa shape index (κ3) is 15.0. The van der Waals surface area contributed by atoms with E-state index in [1.807, 2.05) is 58.2 Å². The lowest BCUT2D eigenvalue weighted by Crippen LogP contribution is -2.00. The van der Waals surface area contributed by atoms with Gasteiger partial charge in [-0.15, -0.1) is 0 Å². The van der Waals surface area contributed by atoms with Gasteiger partial charge in [-0.2, -0.15) is 0 Å². The summed E-state index contributed by atoms with van der Waals surface area (Å²) in [6.45, 7) is 6.41. The van der Waals surface area contributed by atoms with Crippen molar-refractivity contribution in [1.29, 1.82) is 0 Å². The quantitative estimate of drug-likeness (QED) is 0.639. The summed E-state index contributed by atoms with van der Waals surface area (Å²) in [5.74, 6) is 0. The molecule has 0 saturated carbocycles. The van der Waals surface area contributed by atoms with Gasteiger partial charge in [0.25, 0.3) is 0 Å². The molecule has 92 valence electrons. The van der Waals surface area contributed by atoms with E-state index in [-0.39, 0.29) is 0 Å². The van der Waals surface area contributed by atoms with E-state index in [4.69, 9.17) is 11.5 Å². The fraction of sp³-hybridized carbons (Fsp3) is 0.385. The Hall–Kier alpha value is -1.48. The average Bonchev–Trinajstić information content (AvgIpc) is 2.25. The molecule has 0 aromatic carbocycles. The molecule has 0 heterocycles. The van der Waals surface area contributed by atoms with Crippen molar-refractivity contribution in [1.82, 2.24) is 5.32 Å².